The zero-order chi connectivity index (χ0) is 22.5. The van der Waals surface area contributed by atoms with Crippen LogP contribution in [-0.4, -0.2) is 36.3 Å². The van der Waals surface area contributed by atoms with Crippen LogP contribution in [0, 0.1) is 6.92 Å². The Balaban J connectivity index is 2.39. The molecule has 6 nitrogen and oxygen atoms in total. The van der Waals surface area contributed by atoms with E-state index in [4.69, 9.17) is 9.47 Å². The van der Waals surface area contributed by atoms with Crippen LogP contribution in [0.4, 0.5) is 0 Å². The van der Waals surface area contributed by atoms with Crippen molar-refractivity contribution >= 4 is 17.5 Å². The lowest BCUT2D eigenvalue weighted by Gasteiger charge is -2.12. The number of nitrogens with zero attached hydrogens (tertiary/aromatic N) is 1. The number of carbonyl (C=O) groups is 3. The lowest BCUT2D eigenvalue weighted by Crippen LogP contribution is -2.13. The van der Waals surface area contributed by atoms with Gasteiger partial charge in [0, 0.05) is 16.9 Å². The molecule has 0 spiro atoms. The molecule has 0 radical (unpaired) electrons. The Morgan fingerprint density at radius 3 is 2.10 bits per heavy atom. The number of esters is 1. The number of benzene rings is 2. The molecule has 0 saturated heterocycles. The Bertz CT molecular complexity index is 1150. The minimum Gasteiger partial charge on any atom is -0.497 e. The predicted octanol–water partition coefficient (Wildman–Crippen LogP) is 4.58. The molecule has 0 unspecified atom stereocenters. The SMILES string of the molecule is COC(=O)c1c(-c2ccccc2)c(C)n(-c2ccc(OC)cc2)c1C(=O)/C=C/C(C)=O. The Hall–Kier alpha value is -3.93. The number of carbonyl (C=O) groups excluding carboxylic acids is 3. The van der Waals surface area contributed by atoms with Crippen molar-refractivity contribution in [1.82, 2.24) is 4.57 Å². The average molecular weight is 417 g/mol. The first-order valence-electron chi connectivity index (χ1n) is 9.65. The average Bonchev–Trinajstić information content (AvgIpc) is 3.10. The van der Waals surface area contributed by atoms with Crippen LogP contribution >= 0.6 is 0 Å². The second-order valence-electron chi connectivity index (χ2n) is 6.88. The summed E-state index contributed by atoms with van der Waals surface area (Å²) in [5, 5.41) is 0. The first kappa shape index (κ1) is 21.8. The second-order valence-corrected chi connectivity index (χ2v) is 6.88. The van der Waals surface area contributed by atoms with Gasteiger partial charge >= 0.3 is 5.97 Å². The molecule has 3 rings (SSSR count). The Labute approximate surface area is 180 Å². The van der Waals surface area contributed by atoms with Crippen LogP contribution in [0.25, 0.3) is 16.8 Å². The molecule has 0 aliphatic heterocycles. The standard InChI is InChI=1S/C25H23NO5/c1-16(27)10-15-21(28)24-23(25(29)31-4)22(18-8-6-5-7-9-18)17(2)26(24)19-11-13-20(30-3)14-12-19/h5-15H,1-4H3/b15-10+. The van der Waals surface area contributed by atoms with Gasteiger partial charge in [0.05, 0.1) is 19.8 Å². The van der Waals surface area contributed by atoms with Crippen LogP contribution in [0.1, 0.15) is 33.5 Å². The van der Waals surface area contributed by atoms with E-state index in [1.54, 1.807) is 35.9 Å². The lowest BCUT2D eigenvalue weighted by atomic mass is 9.99. The molecule has 2 aromatic carbocycles. The third-order valence-corrected chi connectivity index (χ3v) is 4.89. The first-order chi connectivity index (χ1) is 14.9. The van der Waals surface area contributed by atoms with Gasteiger partial charge in [0.1, 0.15) is 11.4 Å². The molecule has 0 N–H and O–H groups in total. The molecule has 0 atom stereocenters. The van der Waals surface area contributed by atoms with Gasteiger partial charge in [0.2, 0.25) is 5.78 Å². The van der Waals surface area contributed by atoms with Crippen molar-refractivity contribution in [1.29, 1.82) is 0 Å². The van der Waals surface area contributed by atoms with Gasteiger partial charge in [-0.05, 0) is 55.8 Å². The third kappa shape index (κ3) is 4.33. The van der Waals surface area contributed by atoms with E-state index in [2.05, 4.69) is 0 Å². The Morgan fingerprint density at radius 2 is 1.55 bits per heavy atom. The highest BCUT2D eigenvalue weighted by atomic mass is 16.5. The van der Waals surface area contributed by atoms with E-state index in [0.29, 0.717) is 22.7 Å². The van der Waals surface area contributed by atoms with Crippen LogP contribution < -0.4 is 4.74 Å². The van der Waals surface area contributed by atoms with Gasteiger partial charge in [0.25, 0.3) is 0 Å². The smallest absolute Gasteiger partial charge is 0.340 e. The molecule has 0 bridgehead atoms. The molecule has 3 aromatic rings. The van der Waals surface area contributed by atoms with Crippen molar-refractivity contribution in [2.45, 2.75) is 13.8 Å². The highest BCUT2D eigenvalue weighted by molar-refractivity contribution is 6.15. The summed E-state index contributed by atoms with van der Waals surface area (Å²) in [6.07, 6.45) is 2.37. The fraction of sp³-hybridized carbons (Fsp3) is 0.160. The van der Waals surface area contributed by atoms with E-state index in [0.717, 1.165) is 5.56 Å². The number of aromatic nitrogens is 1. The number of hydrogen-bond donors (Lipinski definition) is 0. The quantitative estimate of drug-likeness (QED) is 0.320. The normalized spacial score (nSPS) is 10.8. The number of rotatable bonds is 7. The summed E-state index contributed by atoms with van der Waals surface area (Å²) in [6.45, 7) is 3.19. The highest BCUT2D eigenvalue weighted by Crippen LogP contribution is 2.36. The van der Waals surface area contributed by atoms with Gasteiger partial charge in [-0.25, -0.2) is 4.79 Å². The molecule has 6 heteroatoms. The molecule has 0 saturated carbocycles. The molecule has 0 fully saturated rings. The Morgan fingerprint density at radius 1 is 0.903 bits per heavy atom. The maximum Gasteiger partial charge on any atom is 0.340 e. The minimum absolute atomic E-state index is 0.130. The largest absolute Gasteiger partial charge is 0.497 e. The molecule has 1 aromatic heterocycles. The number of methoxy groups -OCH3 is 2. The summed E-state index contributed by atoms with van der Waals surface area (Å²) in [6, 6.07) is 16.5. The van der Waals surface area contributed by atoms with Crippen molar-refractivity contribution < 1.29 is 23.9 Å². The third-order valence-electron chi connectivity index (χ3n) is 4.89. The molecule has 158 valence electrons. The summed E-state index contributed by atoms with van der Waals surface area (Å²) in [4.78, 5) is 37.5. The number of ketones is 2. The topological polar surface area (TPSA) is 74.6 Å². The van der Waals surface area contributed by atoms with Gasteiger partial charge < -0.3 is 14.0 Å². The number of ether oxygens (including phenoxy) is 2. The number of allylic oxidation sites excluding steroid dienone is 2. The van der Waals surface area contributed by atoms with E-state index in [1.165, 1.54) is 26.2 Å². The zero-order valence-corrected chi connectivity index (χ0v) is 17.8. The van der Waals surface area contributed by atoms with Gasteiger partial charge in [-0.3, -0.25) is 9.59 Å². The maximum absolute atomic E-state index is 13.2. The summed E-state index contributed by atoms with van der Waals surface area (Å²) >= 11 is 0. The molecule has 0 aliphatic rings. The van der Waals surface area contributed by atoms with Crippen molar-refractivity contribution in [3.05, 3.63) is 83.7 Å². The second kappa shape index (κ2) is 9.26. The van der Waals surface area contributed by atoms with Crippen molar-refractivity contribution in [3.8, 4) is 22.6 Å². The number of hydrogen-bond acceptors (Lipinski definition) is 5. The summed E-state index contributed by atoms with van der Waals surface area (Å²) in [5.41, 5.74) is 3.02. The summed E-state index contributed by atoms with van der Waals surface area (Å²) in [5.74, 6) is -0.713. The zero-order valence-electron chi connectivity index (χ0n) is 17.8. The highest BCUT2D eigenvalue weighted by Gasteiger charge is 2.30. The van der Waals surface area contributed by atoms with E-state index in [1.807, 2.05) is 37.3 Å². The summed E-state index contributed by atoms with van der Waals surface area (Å²) in [7, 11) is 2.84. The fourth-order valence-electron chi connectivity index (χ4n) is 3.51. The van der Waals surface area contributed by atoms with Gasteiger partial charge in [-0.2, -0.15) is 0 Å². The molecule has 31 heavy (non-hydrogen) atoms. The van der Waals surface area contributed by atoms with Gasteiger partial charge in [0.15, 0.2) is 5.78 Å². The van der Waals surface area contributed by atoms with E-state index in [9.17, 15) is 14.4 Å². The minimum atomic E-state index is -0.631. The van der Waals surface area contributed by atoms with Gasteiger partial charge in [-0.15, -0.1) is 0 Å². The monoisotopic (exact) mass is 417 g/mol. The van der Waals surface area contributed by atoms with Crippen molar-refractivity contribution in [2.24, 2.45) is 0 Å². The first-order valence-corrected chi connectivity index (χ1v) is 9.65. The maximum atomic E-state index is 13.2. The molecule has 0 amide bonds. The molecular weight excluding hydrogens is 394 g/mol. The van der Waals surface area contributed by atoms with E-state index >= 15 is 0 Å². The van der Waals surface area contributed by atoms with Crippen LogP contribution in [0.15, 0.2) is 66.7 Å². The van der Waals surface area contributed by atoms with Gasteiger partial charge in [-0.1, -0.05) is 30.3 Å². The predicted molar refractivity (Wildman–Crippen MR) is 118 cm³/mol. The molecular formula is C25H23NO5. The fourth-order valence-corrected chi connectivity index (χ4v) is 3.51. The molecule has 1 heterocycles. The van der Waals surface area contributed by atoms with E-state index < -0.39 is 11.8 Å². The molecule has 0 aliphatic carbocycles. The van der Waals surface area contributed by atoms with Crippen LogP contribution in [0.5, 0.6) is 5.75 Å². The Kier molecular flexibility index (Phi) is 6.50. The van der Waals surface area contributed by atoms with Crippen LogP contribution in [0.3, 0.4) is 0 Å². The van der Waals surface area contributed by atoms with Crippen LogP contribution in [-0.2, 0) is 9.53 Å². The van der Waals surface area contributed by atoms with Crippen molar-refractivity contribution in [3.63, 3.8) is 0 Å². The summed E-state index contributed by atoms with van der Waals surface area (Å²) < 4.78 is 12.0. The lowest BCUT2D eigenvalue weighted by molar-refractivity contribution is -0.112. The van der Waals surface area contributed by atoms with E-state index in [-0.39, 0.29) is 17.0 Å². The van der Waals surface area contributed by atoms with Crippen molar-refractivity contribution in [2.75, 3.05) is 14.2 Å². The van der Waals surface area contributed by atoms with Crippen LogP contribution in [0.2, 0.25) is 0 Å².